The Morgan fingerprint density at radius 3 is 2.03 bits per heavy atom. The number of carbonyl (C=O) groups is 2. The lowest BCUT2D eigenvalue weighted by molar-refractivity contribution is -0.122. The van der Waals surface area contributed by atoms with Crippen molar-refractivity contribution in [1.82, 2.24) is 0 Å². The monoisotopic (exact) mass is 457 g/mol. The van der Waals surface area contributed by atoms with E-state index in [-0.39, 0.29) is 17.7 Å². The van der Waals surface area contributed by atoms with Crippen LogP contribution in [-0.4, -0.2) is 11.8 Å². The molecule has 4 heteroatoms. The van der Waals surface area contributed by atoms with Crippen LogP contribution in [0.15, 0.2) is 66.7 Å². The minimum atomic E-state index is -0.695. The van der Waals surface area contributed by atoms with Gasteiger partial charge in [0.25, 0.3) is 0 Å². The summed E-state index contributed by atoms with van der Waals surface area (Å²) >= 11 is 4.04. The fourth-order valence-electron chi connectivity index (χ4n) is 5.97. The van der Waals surface area contributed by atoms with Crippen molar-refractivity contribution in [2.75, 3.05) is 4.90 Å². The number of halogens is 1. The summed E-state index contributed by atoms with van der Waals surface area (Å²) in [6, 6.07) is 22.4. The number of amides is 2. The molecule has 0 N–H and O–H groups in total. The predicted octanol–water partition coefficient (Wildman–Crippen LogP) is 5.21. The Labute approximate surface area is 183 Å². The van der Waals surface area contributed by atoms with Crippen molar-refractivity contribution in [1.29, 1.82) is 0 Å². The summed E-state index contributed by atoms with van der Waals surface area (Å²) in [6.45, 7) is 3.98. The molecule has 3 nitrogen and oxygen atoms in total. The number of hydrogen-bond donors (Lipinski definition) is 0. The van der Waals surface area contributed by atoms with Crippen molar-refractivity contribution in [3.8, 4) is 0 Å². The summed E-state index contributed by atoms with van der Waals surface area (Å²) in [7, 11) is 0. The second-order valence-corrected chi connectivity index (χ2v) is 9.92. The maximum atomic E-state index is 13.9. The first-order valence-corrected chi connectivity index (χ1v) is 11.1. The van der Waals surface area contributed by atoms with Crippen LogP contribution >= 0.6 is 15.9 Å². The van der Waals surface area contributed by atoms with Gasteiger partial charge in [-0.25, -0.2) is 4.90 Å². The van der Waals surface area contributed by atoms with Crippen LogP contribution in [0.3, 0.4) is 0 Å². The van der Waals surface area contributed by atoms with Crippen molar-refractivity contribution < 1.29 is 9.59 Å². The molecule has 1 aliphatic heterocycles. The van der Waals surface area contributed by atoms with E-state index in [0.29, 0.717) is 5.69 Å². The van der Waals surface area contributed by atoms with E-state index >= 15 is 0 Å². The second-order valence-electron chi connectivity index (χ2n) is 8.67. The molecule has 0 radical (unpaired) electrons. The molecule has 0 saturated carbocycles. The van der Waals surface area contributed by atoms with Crippen molar-refractivity contribution in [3.63, 3.8) is 0 Å². The van der Waals surface area contributed by atoms with Gasteiger partial charge in [-0.1, -0.05) is 82.2 Å². The fraction of sp³-hybridized carbons (Fsp3) is 0.231. The number of hydrogen-bond acceptors (Lipinski definition) is 2. The Bertz CT molecular complexity index is 1220. The number of alkyl halides is 1. The van der Waals surface area contributed by atoms with Gasteiger partial charge in [0.1, 0.15) is 0 Å². The highest BCUT2D eigenvalue weighted by atomic mass is 79.9. The van der Waals surface area contributed by atoms with Crippen LogP contribution in [0, 0.1) is 25.7 Å². The molecule has 2 bridgehead atoms. The third-order valence-electron chi connectivity index (χ3n) is 7.11. The van der Waals surface area contributed by atoms with Crippen molar-refractivity contribution in [3.05, 3.63) is 100 Å². The standard InChI is InChI=1S/C26H20BrNO2/c1-14-11-12-20(15(2)13-14)28-24(29)22-21-16-7-3-5-9-18(16)26(27,23(22)25(28)30)19-10-6-4-8-17(19)21/h3-13,21-23H,1-2H3. The Balaban J connectivity index is 1.62. The van der Waals surface area contributed by atoms with Gasteiger partial charge in [-0.3, -0.25) is 9.59 Å². The van der Waals surface area contributed by atoms with Crippen LogP contribution in [0.2, 0.25) is 0 Å². The molecule has 1 fully saturated rings. The van der Waals surface area contributed by atoms with Gasteiger partial charge in [-0.2, -0.15) is 0 Å². The highest BCUT2D eigenvalue weighted by molar-refractivity contribution is 9.09. The molecular weight excluding hydrogens is 438 g/mol. The van der Waals surface area contributed by atoms with Gasteiger partial charge in [0.05, 0.1) is 21.8 Å². The van der Waals surface area contributed by atoms with E-state index < -0.39 is 16.2 Å². The first-order valence-electron chi connectivity index (χ1n) is 10.3. The molecule has 3 aromatic carbocycles. The van der Waals surface area contributed by atoms with Crippen molar-refractivity contribution in [2.24, 2.45) is 11.8 Å². The van der Waals surface area contributed by atoms with E-state index in [1.54, 1.807) is 0 Å². The summed E-state index contributed by atoms with van der Waals surface area (Å²) in [5, 5.41) is 0. The topological polar surface area (TPSA) is 37.4 Å². The van der Waals surface area contributed by atoms with Crippen molar-refractivity contribution in [2.45, 2.75) is 24.1 Å². The fourth-order valence-corrected chi connectivity index (χ4v) is 7.18. The zero-order valence-corrected chi connectivity index (χ0v) is 18.3. The van der Waals surface area contributed by atoms with Crippen LogP contribution in [0.4, 0.5) is 5.69 Å². The van der Waals surface area contributed by atoms with Gasteiger partial charge in [-0.05, 0) is 47.7 Å². The molecule has 0 spiro atoms. The summed E-state index contributed by atoms with van der Waals surface area (Å²) in [5.74, 6) is -1.16. The predicted molar refractivity (Wildman–Crippen MR) is 120 cm³/mol. The Hall–Kier alpha value is -2.72. The van der Waals surface area contributed by atoms with E-state index in [1.165, 1.54) is 4.90 Å². The lowest BCUT2D eigenvalue weighted by atomic mass is 9.55. The number of nitrogens with zero attached hydrogens (tertiary/aromatic N) is 1. The molecule has 3 aromatic rings. The molecule has 30 heavy (non-hydrogen) atoms. The van der Waals surface area contributed by atoms with Crippen molar-refractivity contribution >= 4 is 33.4 Å². The third-order valence-corrected chi connectivity index (χ3v) is 8.46. The Kier molecular flexibility index (Phi) is 3.57. The maximum Gasteiger partial charge on any atom is 0.239 e. The van der Waals surface area contributed by atoms with E-state index in [4.69, 9.17) is 0 Å². The number of carbonyl (C=O) groups excluding carboxylic acids is 2. The molecule has 3 aliphatic carbocycles. The van der Waals surface area contributed by atoms with E-state index in [2.05, 4.69) is 40.2 Å². The molecule has 2 unspecified atom stereocenters. The number of imide groups is 1. The van der Waals surface area contributed by atoms with Crippen LogP contribution < -0.4 is 4.90 Å². The van der Waals surface area contributed by atoms with E-state index in [9.17, 15) is 9.59 Å². The molecule has 2 atom stereocenters. The molecule has 4 aliphatic rings. The zero-order chi connectivity index (χ0) is 20.8. The number of benzene rings is 3. The first kappa shape index (κ1) is 18.1. The highest BCUT2D eigenvalue weighted by Crippen LogP contribution is 2.66. The minimum absolute atomic E-state index is 0.0882. The summed E-state index contributed by atoms with van der Waals surface area (Å²) in [6.07, 6.45) is 0. The van der Waals surface area contributed by atoms with Gasteiger partial charge in [0.2, 0.25) is 11.8 Å². The quantitative estimate of drug-likeness (QED) is 0.371. The maximum absolute atomic E-state index is 13.9. The second kappa shape index (κ2) is 5.92. The molecular formula is C26H20BrNO2. The average Bonchev–Trinajstić information content (AvgIpc) is 3.01. The lowest BCUT2D eigenvalue weighted by Gasteiger charge is -2.51. The summed E-state index contributed by atoms with van der Waals surface area (Å²) < 4.78 is -0.695. The summed E-state index contributed by atoms with van der Waals surface area (Å²) in [5.41, 5.74) is 7.28. The average molecular weight is 458 g/mol. The van der Waals surface area contributed by atoms with Crippen LogP contribution in [0.1, 0.15) is 39.3 Å². The number of anilines is 1. The normalized spacial score (nSPS) is 28.4. The van der Waals surface area contributed by atoms with E-state index in [0.717, 1.165) is 33.4 Å². The molecule has 1 saturated heterocycles. The molecule has 1 heterocycles. The van der Waals surface area contributed by atoms with E-state index in [1.807, 2.05) is 56.3 Å². The number of rotatable bonds is 1. The lowest BCUT2D eigenvalue weighted by Crippen LogP contribution is -2.50. The molecule has 0 aromatic heterocycles. The van der Waals surface area contributed by atoms with Crippen LogP contribution in [0.25, 0.3) is 0 Å². The van der Waals surface area contributed by atoms with Crippen LogP contribution in [0.5, 0.6) is 0 Å². The minimum Gasteiger partial charge on any atom is -0.274 e. The molecule has 7 rings (SSSR count). The highest BCUT2D eigenvalue weighted by Gasteiger charge is 2.67. The van der Waals surface area contributed by atoms with Crippen LogP contribution in [-0.2, 0) is 13.9 Å². The molecule has 148 valence electrons. The zero-order valence-electron chi connectivity index (χ0n) is 16.7. The SMILES string of the molecule is Cc1ccc(N2C(=O)C3C4c5ccccc5C(Br)(c5ccccc54)C3C2=O)c(C)c1. The largest absolute Gasteiger partial charge is 0.274 e. The Morgan fingerprint density at radius 2 is 1.43 bits per heavy atom. The van der Waals surface area contributed by atoms with Gasteiger partial charge in [0.15, 0.2) is 0 Å². The van der Waals surface area contributed by atoms with Gasteiger partial charge in [-0.15, -0.1) is 0 Å². The first-order chi connectivity index (χ1) is 14.4. The molecule has 2 amide bonds. The summed E-state index contributed by atoms with van der Waals surface area (Å²) in [4.78, 5) is 29.2. The number of aryl methyl sites for hydroxylation is 2. The van der Waals surface area contributed by atoms with Gasteiger partial charge in [0, 0.05) is 5.92 Å². The third kappa shape index (κ3) is 2.00. The Morgan fingerprint density at radius 1 is 0.833 bits per heavy atom. The van der Waals surface area contributed by atoms with Gasteiger partial charge < -0.3 is 0 Å². The van der Waals surface area contributed by atoms with Gasteiger partial charge >= 0.3 is 0 Å². The smallest absolute Gasteiger partial charge is 0.239 e.